The van der Waals surface area contributed by atoms with Crippen molar-refractivity contribution >= 4 is 17.0 Å². The minimum atomic E-state index is -0.822. The average Bonchev–Trinajstić information content (AvgIpc) is 3.10. The average molecular weight is 387 g/mol. The van der Waals surface area contributed by atoms with Gasteiger partial charge in [0.05, 0.1) is 18.7 Å². The van der Waals surface area contributed by atoms with Crippen LogP contribution in [0.4, 0.5) is 4.79 Å². The lowest BCUT2D eigenvalue weighted by molar-refractivity contribution is -0.152. The van der Waals surface area contributed by atoms with E-state index < -0.39 is 23.5 Å². The van der Waals surface area contributed by atoms with Crippen molar-refractivity contribution < 1.29 is 19.5 Å². The summed E-state index contributed by atoms with van der Waals surface area (Å²) in [5, 5.41) is 13.3. The number of ether oxygens (including phenoxy) is 2. The lowest BCUT2D eigenvalue weighted by Gasteiger charge is -2.41. The number of nitrogens with zero attached hydrogens (tertiary/aromatic N) is 2. The fourth-order valence-electron chi connectivity index (χ4n) is 4.38. The Morgan fingerprint density at radius 3 is 2.75 bits per heavy atom. The first-order chi connectivity index (χ1) is 13.1. The molecule has 28 heavy (non-hydrogen) atoms. The standard InChI is InChI=1S/C21H29N3O4/c1-20(2,3)28-19(25)24-16(12-27-21(24,4)5)18-17-14(10-11-23(18)26)13-8-6-7-9-15(13)22-17/h6-9,16,18,22,26H,10-12H2,1-5H3/t16-,18-/m0/s1. The third-order valence-corrected chi connectivity index (χ3v) is 5.53. The molecule has 2 aromatic rings. The Kier molecular flexibility index (Phi) is 4.45. The minimum absolute atomic E-state index is 0.322. The van der Waals surface area contributed by atoms with Crippen LogP contribution in [0.25, 0.3) is 10.9 Å². The fourth-order valence-corrected chi connectivity index (χ4v) is 4.38. The fraction of sp³-hybridized carbons (Fsp3) is 0.571. The van der Waals surface area contributed by atoms with Gasteiger partial charge in [0.2, 0.25) is 0 Å². The largest absolute Gasteiger partial charge is 0.444 e. The highest BCUT2D eigenvalue weighted by Crippen LogP contribution is 2.42. The molecule has 152 valence electrons. The Balaban J connectivity index is 1.76. The smallest absolute Gasteiger partial charge is 0.412 e. The zero-order chi connectivity index (χ0) is 20.3. The molecule has 0 radical (unpaired) electrons. The van der Waals surface area contributed by atoms with Gasteiger partial charge in [0.1, 0.15) is 11.3 Å². The molecule has 2 atom stereocenters. The van der Waals surface area contributed by atoms with Crippen molar-refractivity contribution in [2.45, 2.75) is 64.4 Å². The summed E-state index contributed by atoms with van der Waals surface area (Å²) in [5.74, 6) is 0. The van der Waals surface area contributed by atoms with Gasteiger partial charge in [-0.3, -0.25) is 4.90 Å². The number of fused-ring (bicyclic) bond motifs is 3. The van der Waals surface area contributed by atoms with Crippen molar-refractivity contribution in [2.24, 2.45) is 0 Å². The number of rotatable bonds is 1. The molecule has 3 heterocycles. The van der Waals surface area contributed by atoms with Crippen LogP contribution in [0.5, 0.6) is 0 Å². The van der Waals surface area contributed by atoms with Gasteiger partial charge >= 0.3 is 6.09 Å². The summed E-state index contributed by atoms with van der Waals surface area (Å²) < 4.78 is 11.6. The second kappa shape index (κ2) is 6.47. The van der Waals surface area contributed by atoms with E-state index in [1.54, 1.807) is 4.90 Å². The Morgan fingerprint density at radius 2 is 2.04 bits per heavy atom. The molecule has 1 aromatic heterocycles. The van der Waals surface area contributed by atoms with Crippen molar-refractivity contribution in [3.05, 3.63) is 35.5 Å². The van der Waals surface area contributed by atoms with E-state index in [0.717, 1.165) is 23.0 Å². The molecule has 7 nitrogen and oxygen atoms in total. The van der Waals surface area contributed by atoms with Crippen LogP contribution in [0, 0.1) is 0 Å². The maximum atomic E-state index is 13.0. The molecule has 7 heteroatoms. The highest BCUT2D eigenvalue weighted by atomic mass is 16.6. The predicted molar refractivity (Wildman–Crippen MR) is 105 cm³/mol. The number of aromatic nitrogens is 1. The molecule has 1 saturated heterocycles. The molecule has 0 spiro atoms. The highest BCUT2D eigenvalue weighted by molar-refractivity contribution is 5.85. The van der Waals surface area contributed by atoms with E-state index in [2.05, 4.69) is 11.1 Å². The van der Waals surface area contributed by atoms with E-state index >= 15 is 0 Å². The summed E-state index contributed by atoms with van der Waals surface area (Å²) in [7, 11) is 0. The molecule has 1 fully saturated rings. The van der Waals surface area contributed by atoms with E-state index in [1.807, 2.05) is 52.8 Å². The number of carbonyl (C=O) groups excluding carboxylic acids is 1. The molecule has 0 unspecified atom stereocenters. The van der Waals surface area contributed by atoms with Gasteiger partial charge in [-0.2, -0.15) is 5.06 Å². The third kappa shape index (κ3) is 3.17. The van der Waals surface area contributed by atoms with Crippen LogP contribution < -0.4 is 0 Å². The predicted octanol–water partition coefficient (Wildman–Crippen LogP) is 3.83. The van der Waals surface area contributed by atoms with Crippen LogP contribution >= 0.6 is 0 Å². The minimum Gasteiger partial charge on any atom is -0.444 e. The molecule has 0 bridgehead atoms. The second-order valence-electron chi connectivity index (χ2n) is 9.10. The summed E-state index contributed by atoms with van der Waals surface area (Å²) in [6.45, 7) is 10.1. The van der Waals surface area contributed by atoms with Crippen molar-refractivity contribution in [2.75, 3.05) is 13.2 Å². The van der Waals surface area contributed by atoms with E-state index in [9.17, 15) is 10.0 Å². The number of para-hydroxylation sites is 1. The first kappa shape index (κ1) is 19.2. The number of hydroxylamine groups is 2. The lowest BCUT2D eigenvalue weighted by Crippen LogP contribution is -2.54. The molecule has 2 aliphatic rings. The van der Waals surface area contributed by atoms with Crippen molar-refractivity contribution in [3.63, 3.8) is 0 Å². The molecule has 1 aromatic carbocycles. The SMILES string of the molecule is CC(C)(C)OC(=O)N1[C@H]([C@H]2c3[nH]c4ccccc4c3CCN2O)COC1(C)C. The van der Waals surface area contributed by atoms with Gasteiger partial charge in [-0.15, -0.1) is 0 Å². The van der Waals surface area contributed by atoms with Crippen LogP contribution in [-0.2, 0) is 15.9 Å². The van der Waals surface area contributed by atoms with Gasteiger partial charge in [0, 0.05) is 23.1 Å². The van der Waals surface area contributed by atoms with Crippen molar-refractivity contribution in [1.82, 2.24) is 14.9 Å². The summed E-state index contributed by atoms with van der Waals surface area (Å²) in [5.41, 5.74) is 1.74. The Hall–Kier alpha value is -2.09. The normalized spacial score (nSPS) is 25.1. The van der Waals surface area contributed by atoms with E-state index in [0.29, 0.717) is 13.2 Å². The first-order valence-corrected chi connectivity index (χ1v) is 9.80. The molecular weight excluding hydrogens is 358 g/mol. The summed E-state index contributed by atoms with van der Waals surface area (Å²) in [6.07, 6.45) is 0.312. The Morgan fingerprint density at radius 1 is 1.32 bits per heavy atom. The second-order valence-corrected chi connectivity index (χ2v) is 9.10. The first-order valence-electron chi connectivity index (χ1n) is 9.80. The van der Waals surface area contributed by atoms with E-state index in [1.165, 1.54) is 10.6 Å². The van der Waals surface area contributed by atoms with Gasteiger partial charge in [0.25, 0.3) is 0 Å². The number of hydrogen-bond donors (Lipinski definition) is 2. The molecule has 1 amide bonds. The number of amides is 1. The Bertz CT molecular complexity index is 899. The van der Waals surface area contributed by atoms with Gasteiger partial charge < -0.3 is 19.7 Å². The topological polar surface area (TPSA) is 78.0 Å². The van der Waals surface area contributed by atoms with E-state index in [4.69, 9.17) is 9.47 Å². The van der Waals surface area contributed by atoms with Crippen LogP contribution in [0.1, 0.15) is 51.9 Å². The van der Waals surface area contributed by atoms with E-state index in [-0.39, 0.29) is 6.04 Å². The van der Waals surface area contributed by atoms with Gasteiger partial charge in [-0.1, -0.05) is 18.2 Å². The van der Waals surface area contributed by atoms with Crippen LogP contribution in [0.3, 0.4) is 0 Å². The third-order valence-electron chi connectivity index (χ3n) is 5.53. The molecule has 4 rings (SSSR count). The van der Waals surface area contributed by atoms with Crippen molar-refractivity contribution in [3.8, 4) is 0 Å². The molecule has 0 saturated carbocycles. The maximum Gasteiger partial charge on any atom is 0.412 e. The molecule has 0 aliphatic carbocycles. The number of carbonyl (C=O) groups is 1. The zero-order valence-corrected chi connectivity index (χ0v) is 17.2. The monoisotopic (exact) mass is 387 g/mol. The summed E-state index contributed by atoms with van der Waals surface area (Å²) in [6, 6.07) is 7.35. The highest BCUT2D eigenvalue weighted by Gasteiger charge is 2.51. The number of H-pyrrole nitrogens is 1. The van der Waals surface area contributed by atoms with Crippen LogP contribution in [0.2, 0.25) is 0 Å². The van der Waals surface area contributed by atoms with Gasteiger partial charge in [0.15, 0.2) is 0 Å². The van der Waals surface area contributed by atoms with Crippen LogP contribution in [0.15, 0.2) is 24.3 Å². The molecule has 2 N–H and O–H groups in total. The summed E-state index contributed by atoms with van der Waals surface area (Å²) in [4.78, 5) is 18.1. The quantitative estimate of drug-likeness (QED) is 0.778. The molecule has 2 aliphatic heterocycles. The number of aromatic amines is 1. The maximum absolute atomic E-state index is 13.0. The zero-order valence-electron chi connectivity index (χ0n) is 17.2. The van der Waals surface area contributed by atoms with Crippen LogP contribution in [-0.4, -0.2) is 56.8 Å². The lowest BCUT2D eigenvalue weighted by atomic mass is 9.93. The van der Waals surface area contributed by atoms with Gasteiger partial charge in [-0.05, 0) is 52.7 Å². The summed E-state index contributed by atoms with van der Waals surface area (Å²) >= 11 is 0. The number of nitrogens with one attached hydrogen (secondary N) is 1. The van der Waals surface area contributed by atoms with Crippen molar-refractivity contribution in [1.29, 1.82) is 0 Å². The number of benzene rings is 1. The molecular formula is C21H29N3O4. The van der Waals surface area contributed by atoms with Gasteiger partial charge in [-0.25, -0.2) is 4.79 Å². The Labute approximate surface area is 165 Å². The number of hydrogen-bond acceptors (Lipinski definition) is 5.